The summed E-state index contributed by atoms with van der Waals surface area (Å²) in [6.07, 6.45) is 2.02. The Bertz CT molecular complexity index is 742. The Balaban J connectivity index is 2.19. The standard InChI is InChI=1S/C16H21NO9/c1-25-13-12(21)10(19)9(15(22)6-8(18)17-16(15,23)24)11(20)14(13)26-7-4-2-3-5-7/h7,19-24H,2-6H2,1H3,(H,17,18). The Morgan fingerprint density at radius 2 is 1.62 bits per heavy atom. The van der Waals surface area contributed by atoms with Gasteiger partial charge in [-0.05, 0) is 25.7 Å². The molecule has 2 aliphatic rings. The fraction of sp³-hybridized carbons (Fsp3) is 0.562. The minimum atomic E-state index is -3.19. The van der Waals surface area contributed by atoms with E-state index >= 15 is 0 Å². The first-order chi connectivity index (χ1) is 12.1. The molecule has 144 valence electrons. The summed E-state index contributed by atoms with van der Waals surface area (Å²) in [6, 6.07) is 0. The molecule has 1 unspecified atom stereocenters. The largest absolute Gasteiger partial charge is 0.504 e. The monoisotopic (exact) mass is 371 g/mol. The van der Waals surface area contributed by atoms with Gasteiger partial charge in [0.25, 0.3) is 5.91 Å². The summed E-state index contributed by atoms with van der Waals surface area (Å²) >= 11 is 0. The van der Waals surface area contributed by atoms with Crippen LogP contribution in [0.3, 0.4) is 0 Å². The van der Waals surface area contributed by atoms with Crippen molar-refractivity contribution in [3.8, 4) is 28.7 Å². The minimum absolute atomic E-state index is 0.294. The van der Waals surface area contributed by atoms with Crippen LogP contribution in [0.5, 0.6) is 28.7 Å². The Kier molecular flexibility index (Phi) is 4.29. The predicted molar refractivity (Wildman–Crippen MR) is 84.7 cm³/mol. The summed E-state index contributed by atoms with van der Waals surface area (Å²) in [5.74, 6) is -7.68. The molecule has 0 radical (unpaired) electrons. The maximum Gasteiger partial charge on any atom is 0.282 e. The lowest BCUT2D eigenvalue weighted by atomic mass is 9.87. The zero-order valence-electron chi connectivity index (χ0n) is 14.0. The van der Waals surface area contributed by atoms with Crippen LogP contribution in [0, 0.1) is 0 Å². The number of rotatable bonds is 4. The first-order valence-electron chi connectivity index (χ1n) is 8.12. The fourth-order valence-corrected chi connectivity index (χ4v) is 3.49. The van der Waals surface area contributed by atoms with Crippen molar-refractivity contribution >= 4 is 5.91 Å². The highest BCUT2D eigenvalue weighted by atomic mass is 16.6. The number of carbonyl (C=O) groups is 1. The molecule has 0 bridgehead atoms. The van der Waals surface area contributed by atoms with E-state index in [9.17, 15) is 35.4 Å². The second-order valence-corrected chi connectivity index (χ2v) is 6.56. The van der Waals surface area contributed by atoms with Crippen molar-refractivity contribution in [3.63, 3.8) is 0 Å². The molecule has 1 aliphatic carbocycles. The summed E-state index contributed by atoms with van der Waals surface area (Å²) in [5.41, 5.74) is -3.69. The molecule has 7 N–H and O–H groups in total. The number of phenols is 3. The number of aromatic hydroxyl groups is 3. The average molecular weight is 371 g/mol. The van der Waals surface area contributed by atoms with Gasteiger partial charge in [-0.2, -0.15) is 0 Å². The van der Waals surface area contributed by atoms with Gasteiger partial charge in [-0.25, -0.2) is 0 Å². The number of phenolic OH excluding ortho intramolecular Hbond substituents is 3. The van der Waals surface area contributed by atoms with Gasteiger partial charge in [-0.1, -0.05) is 0 Å². The Labute approximate surface area is 148 Å². The number of hydrogen-bond acceptors (Lipinski definition) is 9. The van der Waals surface area contributed by atoms with E-state index in [1.807, 2.05) is 0 Å². The van der Waals surface area contributed by atoms with Crippen LogP contribution in [-0.2, 0) is 10.4 Å². The van der Waals surface area contributed by atoms with E-state index < -0.39 is 46.7 Å². The van der Waals surface area contributed by atoms with E-state index in [-0.39, 0.29) is 17.6 Å². The Hall–Kier alpha value is -2.43. The lowest BCUT2D eigenvalue weighted by molar-refractivity contribution is -0.276. The number of hydrogen-bond donors (Lipinski definition) is 7. The van der Waals surface area contributed by atoms with Gasteiger partial charge in [0.1, 0.15) is 0 Å². The maximum atomic E-state index is 11.6. The number of carbonyl (C=O) groups excluding carboxylic acids is 1. The summed E-state index contributed by atoms with van der Waals surface area (Å²) in [4.78, 5) is 11.6. The van der Waals surface area contributed by atoms with Gasteiger partial charge in [-0.15, -0.1) is 0 Å². The molecule has 26 heavy (non-hydrogen) atoms. The molecule has 2 fully saturated rings. The smallest absolute Gasteiger partial charge is 0.282 e. The van der Waals surface area contributed by atoms with Crippen LogP contribution in [0.4, 0.5) is 0 Å². The van der Waals surface area contributed by atoms with E-state index in [0.717, 1.165) is 12.8 Å². The minimum Gasteiger partial charge on any atom is -0.504 e. The lowest BCUT2D eigenvalue weighted by Gasteiger charge is -2.33. The molecule has 1 aliphatic heterocycles. The highest BCUT2D eigenvalue weighted by Crippen LogP contribution is 2.58. The Morgan fingerprint density at radius 1 is 1.00 bits per heavy atom. The van der Waals surface area contributed by atoms with Crippen molar-refractivity contribution < 1.29 is 44.9 Å². The van der Waals surface area contributed by atoms with Crippen LogP contribution >= 0.6 is 0 Å². The van der Waals surface area contributed by atoms with Gasteiger partial charge in [0.2, 0.25) is 23.2 Å². The van der Waals surface area contributed by atoms with Gasteiger partial charge >= 0.3 is 0 Å². The Morgan fingerprint density at radius 3 is 2.12 bits per heavy atom. The van der Waals surface area contributed by atoms with E-state index in [1.54, 1.807) is 5.32 Å². The number of benzene rings is 1. The second kappa shape index (κ2) is 6.08. The van der Waals surface area contributed by atoms with Crippen LogP contribution in [-0.4, -0.2) is 55.7 Å². The molecule has 1 heterocycles. The second-order valence-electron chi connectivity index (χ2n) is 6.56. The molecule has 1 atom stereocenters. The van der Waals surface area contributed by atoms with Crippen LogP contribution in [0.2, 0.25) is 0 Å². The third-order valence-electron chi connectivity index (χ3n) is 4.85. The van der Waals surface area contributed by atoms with Crippen molar-refractivity contribution in [1.82, 2.24) is 5.32 Å². The van der Waals surface area contributed by atoms with Gasteiger partial charge in [0, 0.05) is 0 Å². The average Bonchev–Trinajstić information content (AvgIpc) is 3.11. The quantitative estimate of drug-likeness (QED) is 0.209. The van der Waals surface area contributed by atoms with Gasteiger partial charge in [-0.3, -0.25) is 4.79 Å². The number of methoxy groups -OCH3 is 1. The third kappa shape index (κ3) is 2.57. The molecule has 1 amide bonds. The van der Waals surface area contributed by atoms with Crippen molar-refractivity contribution in [2.45, 2.75) is 49.7 Å². The topological polar surface area (TPSA) is 169 Å². The summed E-state index contributed by atoms with van der Waals surface area (Å²) in [7, 11) is 1.17. The molecule has 0 spiro atoms. The van der Waals surface area contributed by atoms with Crippen molar-refractivity contribution in [3.05, 3.63) is 5.56 Å². The molecule has 3 rings (SSSR count). The van der Waals surface area contributed by atoms with E-state index in [2.05, 4.69) is 0 Å². The van der Waals surface area contributed by atoms with Crippen molar-refractivity contribution in [1.29, 1.82) is 0 Å². The predicted octanol–water partition coefficient (Wildman–Crippen LogP) is -0.521. The van der Waals surface area contributed by atoms with Gasteiger partial charge in [0.05, 0.1) is 25.2 Å². The molecule has 1 aromatic rings. The first kappa shape index (κ1) is 18.4. The third-order valence-corrected chi connectivity index (χ3v) is 4.85. The van der Waals surface area contributed by atoms with Crippen molar-refractivity contribution in [2.24, 2.45) is 0 Å². The molecule has 10 nitrogen and oxygen atoms in total. The van der Waals surface area contributed by atoms with Crippen LogP contribution < -0.4 is 14.8 Å². The molecule has 10 heteroatoms. The molecular formula is C16H21NO9. The normalized spacial score (nSPS) is 25.3. The molecule has 1 saturated carbocycles. The number of aliphatic hydroxyl groups is 3. The summed E-state index contributed by atoms with van der Waals surface area (Å²) in [6.45, 7) is 0. The first-order valence-corrected chi connectivity index (χ1v) is 8.12. The molecule has 1 saturated heterocycles. The lowest BCUT2D eigenvalue weighted by Crippen LogP contribution is -2.55. The van der Waals surface area contributed by atoms with E-state index in [4.69, 9.17) is 9.47 Å². The van der Waals surface area contributed by atoms with Gasteiger partial charge in [0.15, 0.2) is 17.1 Å². The van der Waals surface area contributed by atoms with Crippen molar-refractivity contribution in [2.75, 3.05) is 7.11 Å². The number of nitrogens with one attached hydrogen (secondary N) is 1. The zero-order chi connectivity index (χ0) is 19.3. The van der Waals surface area contributed by atoms with E-state index in [1.165, 1.54) is 7.11 Å². The summed E-state index contributed by atoms with van der Waals surface area (Å²) in [5, 5.41) is 63.4. The zero-order valence-corrected chi connectivity index (χ0v) is 14.0. The van der Waals surface area contributed by atoms with Crippen LogP contribution in [0.1, 0.15) is 37.7 Å². The maximum absolute atomic E-state index is 11.6. The molecule has 1 aromatic carbocycles. The highest BCUT2D eigenvalue weighted by molar-refractivity contribution is 5.83. The van der Waals surface area contributed by atoms with Crippen LogP contribution in [0.15, 0.2) is 0 Å². The van der Waals surface area contributed by atoms with E-state index in [0.29, 0.717) is 12.8 Å². The fourth-order valence-electron chi connectivity index (χ4n) is 3.49. The molecule has 0 aromatic heterocycles. The number of ether oxygens (including phenoxy) is 2. The summed E-state index contributed by atoms with van der Waals surface area (Å²) < 4.78 is 10.7. The number of amides is 1. The van der Waals surface area contributed by atoms with Gasteiger partial charge < -0.3 is 45.4 Å². The SMILES string of the molecule is COc1c(O)c(O)c(C2(O)CC(=O)NC2(O)O)c(O)c1OC1CCCC1. The van der Waals surface area contributed by atoms with Crippen LogP contribution in [0.25, 0.3) is 0 Å². The highest BCUT2D eigenvalue weighted by Gasteiger charge is 2.61. The molecular weight excluding hydrogens is 350 g/mol.